The Morgan fingerprint density at radius 3 is 2.67 bits per heavy atom. The first-order chi connectivity index (χ1) is 8.78. The van der Waals surface area contributed by atoms with Gasteiger partial charge in [-0.05, 0) is 73.5 Å². The standard InChI is InChI=1S/C18H28/c1-18-11-4-7-17(18)16-9-8-13-5-2-3-6-14(13)15(16)10-12-18/h8-9,13-17H,2-7,10-12H2,1H3/t13?,14-,15+,16+,17-,18-/m0/s1. The Balaban J connectivity index is 1.65. The quantitative estimate of drug-likeness (QED) is 0.514. The van der Waals surface area contributed by atoms with Gasteiger partial charge < -0.3 is 0 Å². The molecule has 3 saturated carbocycles. The van der Waals surface area contributed by atoms with Crippen molar-refractivity contribution in [2.75, 3.05) is 0 Å². The van der Waals surface area contributed by atoms with Gasteiger partial charge in [-0.1, -0.05) is 38.3 Å². The Morgan fingerprint density at radius 1 is 0.833 bits per heavy atom. The molecule has 0 radical (unpaired) electrons. The highest BCUT2D eigenvalue weighted by Crippen LogP contribution is 2.60. The van der Waals surface area contributed by atoms with Crippen LogP contribution < -0.4 is 0 Å². The first-order valence-electron chi connectivity index (χ1n) is 8.46. The van der Waals surface area contributed by atoms with E-state index in [2.05, 4.69) is 19.1 Å². The zero-order chi connectivity index (χ0) is 12.2. The monoisotopic (exact) mass is 244 g/mol. The van der Waals surface area contributed by atoms with Crippen molar-refractivity contribution in [3.63, 3.8) is 0 Å². The number of hydrogen-bond donors (Lipinski definition) is 0. The molecule has 4 aliphatic rings. The summed E-state index contributed by atoms with van der Waals surface area (Å²) in [5.41, 5.74) is 0.715. The summed E-state index contributed by atoms with van der Waals surface area (Å²) in [6.45, 7) is 2.60. The van der Waals surface area contributed by atoms with Crippen LogP contribution in [0.3, 0.4) is 0 Å². The second-order valence-electron chi connectivity index (χ2n) is 7.93. The predicted molar refractivity (Wildman–Crippen MR) is 76.3 cm³/mol. The summed E-state index contributed by atoms with van der Waals surface area (Å²) >= 11 is 0. The normalized spacial score (nSPS) is 54.6. The van der Waals surface area contributed by atoms with E-state index >= 15 is 0 Å². The second-order valence-corrected chi connectivity index (χ2v) is 7.93. The SMILES string of the molecule is C[C@@]12CCC[C@H]1[C@@H]1C=CC3CCCC[C@@H]3[C@H]1CC2. The number of allylic oxidation sites excluding steroid dienone is 2. The molecular weight excluding hydrogens is 216 g/mol. The van der Waals surface area contributed by atoms with Crippen molar-refractivity contribution in [2.45, 2.75) is 64.7 Å². The van der Waals surface area contributed by atoms with Gasteiger partial charge in [0, 0.05) is 0 Å². The van der Waals surface area contributed by atoms with E-state index < -0.39 is 0 Å². The molecule has 18 heavy (non-hydrogen) atoms. The van der Waals surface area contributed by atoms with Crippen LogP contribution in [0.2, 0.25) is 0 Å². The topological polar surface area (TPSA) is 0 Å². The molecule has 6 atom stereocenters. The minimum atomic E-state index is 0.715. The maximum atomic E-state index is 2.69. The Morgan fingerprint density at radius 2 is 1.72 bits per heavy atom. The van der Waals surface area contributed by atoms with Gasteiger partial charge in [-0.25, -0.2) is 0 Å². The lowest BCUT2D eigenvalue weighted by atomic mass is 9.53. The molecule has 0 aromatic heterocycles. The molecule has 0 N–H and O–H groups in total. The molecule has 100 valence electrons. The van der Waals surface area contributed by atoms with Gasteiger partial charge in [-0.15, -0.1) is 0 Å². The van der Waals surface area contributed by atoms with Crippen molar-refractivity contribution >= 4 is 0 Å². The number of fused-ring (bicyclic) bond motifs is 5. The molecule has 0 saturated heterocycles. The third-order valence-electron chi connectivity index (χ3n) is 7.17. The summed E-state index contributed by atoms with van der Waals surface area (Å²) < 4.78 is 0. The van der Waals surface area contributed by atoms with Gasteiger partial charge in [-0.2, -0.15) is 0 Å². The highest BCUT2D eigenvalue weighted by Gasteiger charge is 2.51. The zero-order valence-corrected chi connectivity index (χ0v) is 11.9. The third-order valence-corrected chi connectivity index (χ3v) is 7.17. The number of hydrogen-bond acceptors (Lipinski definition) is 0. The van der Waals surface area contributed by atoms with E-state index in [9.17, 15) is 0 Å². The van der Waals surface area contributed by atoms with Crippen molar-refractivity contribution in [3.05, 3.63) is 12.2 Å². The van der Waals surface area contributed by atoms with E-state index in [1.807, 2.05) is 0 Å². The molecule has 0 amide bonds. The molecule has 0 aromatic carbocycles. The summed E-state index contributed by atoms with van der Waals surface area (Å²) in [6.07, 6.45) is 19.0. The van der Waals surface area contributed by atoms with E-state index in [0.29, 0.717) is 5.41 Å². The van der Waals surface area contributed by atoms with E-state index in [0.717, 1.165) is 29.6 Å². The first-order valence-corrected chi connectivity index (χ1v) is 8.46. The van der Waals surface area contributed by atoms with Gasteiger partial charge in [-0.3, -0.25) is 0 Å². The predicted octanol–water partition coefficient (Wildman–Crippen LogP) is 5.20. The molecule has 0 bridgehead atoms. The van der Waals surface area contributed by atoms with Crippen LogP contribution in [0.4, 0.5) is 0 Å². The molecule has 0 heteroatoms. The average molecular weight is 244 g/mol. The highest BCUT2D eigenvalue weighted by molar-refractivity contribution is 5.13. The average Bonchev–Trinajstić information content (AvgIpc) is 2.80. The minimum absolute atomic E-state index is 0.715. The molecule has 0 spiro atoms. The second kappa shape index (κ2) is 4.12. The lowest BCUT2D eigenvalue weighted by molar-refractivity contribution is 0.00806. The van der Waals surface area contributed by atoms with Gasteiger partial charge in [0.1, 0.15) is 0 Å². The molecule has 3 fully saturated rings. The lowest BCUT2D eigenvalue weighted by Gasteiger charge is -2.52. The Bertz CT molecular complexity index is 355. The molecule has 4 rings (SSSR count). The van der Waals surface area contributed by atoms with Crippen LogP contribution in [-0.2, 0) is 0 Å². The molecule has 1 unspecified atom stereocenters. The van der Waals surface area contributed by atoms with Crippen molar-refractivity contribution in [3.8, 4) is 0 Å². The fourth-order valence-corrected chi connectivity index (χ4v) is 6.22. The molecule has 0 aromatic rings. The van der Waals surface area contributed by atoms with E-state index in [1.54, 1.807) is 12.8 Å². The van der Waals surface area contributed by atoms with Gasteiger partial charge in [0.05, 0.1) is 0 Å². The van der Waals surface area contributed by atoms with E-state index in [4.69, 9.17) is 0 Å². The lowest BCUT2D eigenvalue weighted by Crippen LogP contribution is -2.44. The van der Waals surface area contributed by atoms with Crippen LogP contribution in [0.1, 0.15) is 64.7 Å². The maximum absolute atomic E-state index is 2.69. The summed E-state index contributed by atoms with van der Waals surface area (Å²) in [5.74, 6) is 5.10. The summed E-state index contributed by atoms with van der Waals surface area (Å²) in [6, 6.07) is 0. The van der Waals surface area contributed by atoms with E-state index in [-0.39, 0.29) is 0 Å². The number of rotatable bonds is 0. The van der Waals surface area contributed by atoms with Gasteiger partial charge in [0.25, 0.3) is 0 Å². The molecule has 0 aliphatic heterocycles. The Labute approximate surface area is 112 Å². The first kappa shape index (κ1) is 11.6. The van der Waals surface area contributed by atoms with Crippen LogP contribution in [0.25, 0.3) is 0 Å². The molecular formula is C18H28. The van der Waals surface area contributed by atoms with E-state index in [1.165, 1.54) is 44.9 Å². The summed E-state index contributed by atoms with van der Waals surface area (Å²) in [4.78, 5) is 0. The van der Waals surface area contributed by atoms with Crippen molar-refractivity contribution < 1.29 is 0 Å². The van der Waals surface area contributed by atoms with Gasteiger partial charge >= 0.3 is 0 Å². The molecule has 4 aliphatic carbocycles. The molecule has 0 heterocycles. The Hall–Kier alpha value is -0.260. The minimum Gasteiger partial charge on any atom is -0.0848 e. The van der Waals surface area contributed by atoms with Gasteiger partial charge in [0.2, 0.25) is 0 Å². The summed E-state index contributed by atoms with van der Waals surface area (Å²) in [7, 11) is 0. The third kappa shape index (κ3) is 1.57. The maximum Gasteiger partial charge on any atom is -0.0169 e. The molecule has 0 nitrogen and oxygen atoms in total. The fraction of sp³-hybridized carbons (Fsp3) is 0.889. The van der Waals surface area contributed by atoms with Crippen molar-refractivity contribution in [1.29, 1.82) is 0 Å². The zero-order valence-electron chi connectivity index (χ0n) is 11.9. The van der Waals surface area contributed by atoms with Crippen molar-refractivity contribution in [1.82, 2.24) is 0 Å². The summed E-state index contributed by atoms with van der Waals surface area (Å²) in [5, 5.41) is 0. The van der Waals surface area contributed by atoms with Gasteiger partial charge in [0.15, 0.2) is 0 Å². The van der Waals surface area contributed by atoms with Crippen molar-refractivity contribution in [2.24, 2.45) is 35.0 Å². The Kier molecular flexibility index (Phi) is 2.64. The smallest absolute Gasteiger partial charge is 0.0169 e. The van der Waals surface area contributed by atoms with Crippen LogP contribution in [0.15, 0.2) is 12.2 Å². The van der Waals surface area contributed by atoms with Crippen LogP contribution >= 0.6 is 0 Å². The fourth-order valence-electron chi connectivity index (χ4n) is 6.22. The highest BCUT2D eigenvalue weighted by atomic mass is 14.6. The van der Waals surface area contributed by atoms with Crippen LogP contribution in [-0.4, -0.2) is 0 Å². The van der Waals surface area contributed by atoms with Crippen LogP contribution in [0.5, 0.6) is 0 Å². The van der Waals surface area contributed by atoms with Crippen LogP contribution in [0, 0.1) is 35.0 Å². The largest absolute Gasteiger partial charge is 0.0848 e.